The number of hydrogen-bond donors (Lipinski definition) is 0. The van der Waals surface area contributed by atoms with E-state index in [1.54, 1.807) is 5.56 Å². The minimum absolute atomic E-state index is 0.567. The number of benzene rings is 1. The first-order valence-electron chi connectivity index (χ1n) is 6.97. The Morgan fingerprint density at radius 2 is 1.44 bits per heavy atom. The van der Waals surface area contributed by atoms with E-state index in [1.807, 2.05) is 0 Å². The molecule has 0 aromatic heterocycles. The summed E-state index contributed by atoms with van der Waals surface area (Å²) in [4.78, 5) is 0. The van der Waals surface area contributed by atoms with Crippen LogP contribution >= 0.6 is 0 Å². The van der Waals surface area contributed by atoms with Crippen molar-refractivity contribution >= 4 is 0 Å². The van der Waals surface area contributed by atoms with Crippen LogP contribution in [0.15, 0.2) is 30.3 Å². The van der Waals surface area contributed by atoms with Gasteiger partial charge in [0.15, 0.2) is 0 Å². The summed E-state index contributed by atoms with van der Waals surface area (Å²) in [5, 5.41) is 0. The van der Waals surface area contributed by atoms with Crippen LogP contribution < -0.4 is 0 Å². The zero-order chi connectivity index (χ0) is 10.8. The van der Waals surface area contributed by atoms with Gasteiger partial charge in [0.1, 0.15) is 0 Å². The highest BCUT2D eigenvalue weighted by atomic mass is 14.5. The van der Waals surface area contributed by atoms with Gasteiger partial charge in [-0.1, -0.05) is 56.0 Å². The average Bonchev–Trinajstić information content (AvgIpc) is 3.02. The smallest absolute Gasteiger partial charge is 0.00188 e. The highest BCUT2D eigenvalue weighted by molar-refractivity contribution is 5.28. The van der Waals surface area contributed by atoms with Crippen molar-refractivity contribution in [2.24, 2.45) is 5.92 Å². The molecule has 0 aliphatic heterocycles. The molecule has 16 heavy (non-hydrogen) atoms. The molecule has 1 aromatic rings. The zero-order valence-electron chi connectivity index (χ0n) is 10.1. The summed E-state index contributed by atoms with van der Waals surface area (Å²) in [7, 11) is 0. The third kappa shape index (κ3) is 1.59. The normalized spacial score (nSPS) is 25.0. The van der Waals surface area contributed by atoms with Gasteiger partial charge in [-0.25, -0.2) is 0 Å². The molecule has 2 aliphatic carbocycles. The van der Waals surface area contributed by atoms with Crippen LogP contribution in [0.5, 0.6) is 0 Å². The van der Waals surface area contributed by atoms with Gasteiger partial charge in [0.2, 0.25) is 0 Å². The molecule has 0 heteroatoms. The SMILES string of the molecule is c1ccc(C2(C3CCCC3)CCCC2)cc1. The van der Waals surface area contributed by atoms with E-state index >= 15 is 0 Å². The predicted molar refractivity (Wildman–Crippen MR) is 68.5 cm³/mol. The molecule has 0 bridgehead atoms. The first-order valence-corrected chi connectivity index (χ1v) is 6.97. The maximum Gasteiger partial charge on any atom is -0.00188 e. The molecule has 2 aliphatic rings. The van der Waals surface area contributed by atoms with Gasteiger partial charge in [-0.2, -0.15) is 0 Å². The molecule has 0 unspecified atom stereocenters. The maximum absolute atomic E-state index is 2.38. The Morgan fingerprint density at radius 1 is 0.812 bits per heavy atom. The summed E-state index contributed by atoms with van der Waals surface area (Å²) in [6.45, 7) is 0. The molecule has 0 spiro atoms. The molecule has 2 saturated carbocycles. The van der Waals surface area contributed by atoms with Crippen molar-refractivity contribution in [1.82, 2.24) is 0 Å². The van der Waals surface area contributed by atoms with E-state index in [0.717, 1.165) is 5.92 Å². The lowest BCUT2D eigenvalue weighted by atomic mass is 9.68. The van der Waals surface area contributed by atoms with Gasteiger partial charge in [0.05, 0.1) is 0 Å². The lowest BCUT2D eigenvalue weighted by Crippen LogP contribution is -2.30. The third-order valence-electron chi connectivity index (χ3n) is 4.98. The lowest BCUT2D eigenvalue weighted by molar-refractivity contribution is 0.276. The first kappa shape index (κ1) is 10.4. The van der Waals surface area contributed by atoms with Crippen LogP contribution in [-0.4, -0.2) is 0 Å². The van der Waals surface area contributed by atoms with Crippen LogP contribution in [0.4, 0.5) is 0 Å². The topological polar surface area (TPSA) is 0 Å². The van der Waals surface area contributed by atoms with Crippen molar-refractivity contribution in [2.75, 3.05) is 0 Å². The molecular weight excluding hydrogens is 192 g/mol. The highest BCUT2D eigenvalue weighted by Gasteiger charge is 2.43. The van der Waals surface area contributed by atoms with E-state index in [0.29, 0.717) is 5.41 Å². The largest absolute Gasteiger partial charge is 0.0622 e. The van der Waals surface area contributed by atoms with Crippen molar-refractivity contribution in [1.29, 1.82) is 0 Å². The van der Waals surface area contributed by atoms with Crippen molar-refractivity contribution in [3.05, 3.63) is 35.9 Å². The van der Waals surface area contributed by atoms with Crippen LogP contribution in [0.1, 0.15) is 56.9 Å². The van der Waals surface area contributed by atoms with Crippen molar-refractivity contribution in [3.63, 3.8) is 0 Å². The Balaban J connectivity index is 1.96. The fourth-order valence-corrected chi connectivity index (χ4v) is 4.19. The van der Waals surface area contributed by atoms with Crippen LogP contribution in [0, 0.1) is 5.92 Å². The summed E-state index contributed by atoms with van der Waals surface area (Å²) in [5.74, 6) is 0.984. The number of hydrogen-bond acceptors (Lipinski definition) is 0. The van der Waals surface area contributed by atoms with E-state index in [-0.39, 0.29) is 0 Å². The molecule has 3 rings (SSSR count). The van der Waals surface area contributed by atoms with E-state index in [4.69, 9.17) is 0 Å². The molecule has 0 heterocycles. The molecule has 0 nitrogen and oxygen atoms in total. The third-order valence-corrected chi connectivity index (χ3v) is 4.98. The van der Waals surface area contributed by atoms with Crippen LogP contribution in [0.2, 0.25) is 0 Å². The van der Waals surface area contributed by atoms with Crippen LogP contribution in [0.3, 0.4) is 0 Å². The quantitative estimate of drug-likeness (QED) is 0.670. The Labute approximate surface area is 99.1 Å². The van der Waals surface area contributed by atoms with Gasteiger partial charge >= 0.3 is 0 Å². The second-order valence-corrected chi connectivity index (χ2v) is 5.71. The maximum atomic E-state index is 2.38. The fourth-order valence-electron chi connectivity index (χ4n) is 4.19. The molecule has 1 aromatic carbocycles. The summed E-state index contributed by atoms with van der Waals surface area (Å²) >= 11 is 0. The minimum Gasteiger partial charge on any atom is -0.0622 e. The first-order chi connectivity index (χ1) is 7.92. The van der Waals surface area contributed by atoms with Gasteiger partial charge in [0, 0.05) is 0 Å². The molecule has 0 saturated heterocycles. The average molecular weight is 214 g/mol. The Bertz CT molecular complexity index is 326. The number of rotatable bonds is 2. The second-order valence-electron chi connectivity index (χ2n) is 5.71. The molecule has 0 radical (unpaired) electrons. The monoisotopic (exact) mass is 214 g/mol. The van der Waals surface area contributed by atoms with Crippen LogP contribution in [0.25, 0.3) is 0 Å². The van der Waals surface area contributed by atoms with E-state index in [1.165, 1.54) is 51.4 Å². The van der Waals surface area contributed by atoms with E-state index in [2.05, 4.69) is 30.3 Å². The molecule has 0 atom stereocenters. The van der Waals surface area contributed by atoms with Crippen molar-refractivity contribution in [3.8, 4) is 0 Å². The highest BCUT2D eigenvalue weighted by Crippen LogP contribution is 2.51. The van der Waals surface area contributed by atoms with Gasteiger partial charge in [-0.15, -0.1) is 0 Å². The summed E-state index contributed by atoms with van der Waals surface area (Å²) in [6, 6.07) is 11.4. The Hall–Kier alpha value is -0.780. The van der Waals surface area contributed by atoms with Crippen LogP contribution in [-0.2, 0) is 5.41 Å². The minimum atomic E-state index is 0.567. The zero-order valence-corrected chi connectivity index (χ0v) is 10.1. The Morgan fingerprint density at radius 3 is 2.06 bits per heavy atom. The van der Waals surface area contributed by atoms with Crippen molar-refractivity contribution in [2.45, 2.75) is 56.8 Å². The summed E-state index contributed by atoms with van der Waals surface area (Å²) in [6.07, 6.45) is 11.7. The van der Waals surface area contributed by atoms with E-state index in [9.17, 15) is 0 Å². The second kappa shape index (κ2) is 4.24. The van der Waals surface area contributed by atoms with Gasteiger partial charge in [-0.05, 0) is 42.6 Å². The summed E-state index contributed by atoms with van der Waals surface area (Å²) < 4.78 is 0. The summed E-state index contributed by atoms with van der Waals surface area (Å²) in [5.41, 5.74) is 2.21. The molecule has 0 amide bonds. The Kier molecular flexibility index (Phi) is 2.75. The fraction of sp³-hybridized carbons (Fsp3) is 0.625. The van der Waals surface area contributed by atoms with Gasteiger partial charge < -0.3 is 0 Å². The molecular formula is C16H22. The lowest BCUT2D eigenvalue weighted by Gasteiger charge is -2.36. The molecule has 2 fully saturated rings. The van der Waals surface area contributed by atoms with Crippen molar-refractivity contribution < 1.29 is 0 Å². The molecule has 86 valence electrons. The molecule has 0 N–H and O–H groups in total. The predicted octanol–water partition coefficient (Wildman–Crippen LogP) is 4.69. The van der Waals surface area contributed by atoms with Gasteiger partial charge in [0.25, 0.3) is 0 Å². The van der Waals surface area contributed by atoms with E-state index < -0.39 is 0 Å². The van der Waals surface area contributed by atoms with Gasteiger partial charge in [-0.3, -0.25) is 0 Å². The standard InChI is InChI=1S/C16H22/c1-2-8-14(9-3-1)16(12-6-7-13-16)15-10-4-5-11-15/h1-3,8-9,15H,4-7,10-13H2.